The molecule has 124 valence electrons. The highest BCUT2D eigenvalue weighted by Crippen LogP contribution is 2.31. The normalized spacial score (nSPS) is 13.2. The molecule has 0 saturated carbocycles. The molecule has 5 nitrogen and oxygen atoms in total. The van der Waals surface area contributed by atoms with E-state index in [1.54, 1.807) is 17.2 Å². The summed E-state index contributed by atoms with van der Waals surface area (Å²) in [7, 11) is 0. The molecule has 0 radical (unpaired) electrons. The van der Waals surface area contributed by atoms with Crippen LogP contribution in [-0.4, -0.2) is 22.2 Å². The number of benzene rings is 1. The molecule has 0 N–H and O–H groups in total. The molecule has 1 aliphatic rings. The molecule has 3 rings (SSSR count). The van der Waals surface area contributed by atoms with E-state index >= 15 is 0 Å². The van der Waals surface area contributed by atoms with E-state index in [0.29, 0.717) is 23.7 Å². The largest absolute Gasteiger partial charge is 0.308 e. The van der Waals surface area contributed by atoms with Crippen LogP contribution in [0.4, 0.5) is 5.69 Å². The van der Waals surface area contributed by atoms with Gasteiger partial charge < -0.3 is 4.90 Å². The lowest BCUT2D eigenvalue weighted by atomic mass is 10.1. The minimum absolute atomic E-state index is 0.00633. The van der Waals surface area contributed by atoms with Crippen molar-refractivity contribution in [1.82, 2.24) is 9.78 Å². The Hall–Kier alpha value is -2.61. The fraction of sp³-hybridized carbons (Fsp3) is 0.421. The van der Waals surface area contributed by atoms with E-state index in [0.717, 1.165) is 36.2 Å². The van der Waals surface area contributed by atoms with Crippen molar-refractivity contribution in [3.8, 4) is 6.07 Å². The molecule has 5 heteroatoms. The number of hydrogen-bond donors (Lipinski definition) is 0. The second-order valence-electron chi connectivity index (χ2n) is 6.22. The molecule has 1 amide bonds. The van der Waals surface area contributed by atoms with E-state index in [9.17, 15) is 4.79 Å². The van der Waals surface area contributed by atoms with Gasteiger partial charge in [-0.05, 0) is 49.9 Å². The van der Waals surface area contributed by atoms with Crippen molar-refractivity contribution < 1.29 is 4.79 Å². The molecule has 0 unspecified atom stereocenters. The highest BCUT2D eigenvalue weighted by Gasteiger charge is 2.28. The van der Waals surface area contributed by atoms with Crippen LogP contribution in [0.2, 0.25) is 0 Å². The molecule has 0 bridgehead atoms. The van der Waals surface area contributed by atoms with Gasteiger partial charge in [0.1, 0.15) is 0 Å². The van der Waals surface area contributed by atoms with Gasteiger partial charge in [-0.2, -0.15) is 10.4 Å². The fourth-order valence-corrected chi connectivity index (χ4v) is 3.46. The molecular weight excluding hydrogens is 300 g/mol. The number of nitriles is 1. The van der Waals surface area contributed by atoms with Crippen molar-refractivity contribution in [2.45, 2.75) is 46.1 Å². The van der Waals surface area contributed by atoms with Crippen LogP contribution in [-0.2, 0) is 6.42 Å². The van der Waals surface area contributed by atoms with Crippen LogP contribution in [0.15, 0.2) is 24.4 Å². The Labute approximate surface area is 142 Å². The van der Waals surface area contributed by atoms with Crippen LogP contribution in [0.25, 0.3) is 0 Å². The summed E-state index contributed by atoms with van der Waals surface area (Å²) in [6, 6.07) is 8.00. The number of aromatic nitrogens is 2. The topological polar surface area (TPSA) is 61.9 Å². The monoisotopic (exact) mass is 322 g/mol. The highest BCUT2D eigenvalue weighted by atomic mass is 16.2. The Bertz CT molecular complexity index is 811. The summed E-state index contributed by atoms with van der Waals surface area (Å²) in [6.45, 7) is 6.90. The van der Waals surface area contributed by atoms with Crippen LogP contribution in [0.3, 0.4) is 0 Å². The van der Waals surface area contributed by atoms with Crippen molar-refractivity contribution in [3.05, 3.63) is 46.8 Å². The number of rotatable bonds is 4. The van der Waals surface area contributed by atoms with Crippen LogP contribution in [0.5, 0.6) is 0 Å². The first kappa shape index (κ1) is 16.3. The highest BCUT2D eigenvalue weighted by molar-refractivity contribution is 6.07. The van der Waals surface area contributed by atoms with E-state index in [-0.39, 0.29) is 5.91 Å². The quantitative estimate of drug-likeness (QED) is 0.863. The van der Waals surface area contributed by atoms with E-state index < -0.39 is 0 Å². The van der Waals surface area contributed by atoms with E-state index in [1.807, 2.05) is 23.7 Å². The maximum absolute atomic E-state index is 13.0. The zero-order valence-corrected chi connectivity index (χ0v) is 14.4. The lowest BCUT2D eigenvalue weighted by Gasteiger charge is -2.18. The predicted octanol–water partition coefficient (Wildman–Crippen LogP) is 3.63. The summed E-state index contributed by atoms with van der Waals surface area (Å²) in [5.41, 5.74) is 4.21. The zero-order chi connectivity index (χ0) is 17.3. The third kappa shape index (κ3) is 2.58. The van der Waals surface area contributed by atoms with Crippen LogP contribution >= 0.6 is 0 Å². The summed E-state index contributed by atoms with van der Waals surface area (Å²) < 4.78 is 1.98. The molecule has 24 heavy (non-hydrogen) atoms. The minimum Gasteiger partial charge on any atom is -0.308 e. The molecule has 2 aromatic rings. The molecule has 0 saturated heterocycles. The maximum Gasteiger partial charge on any atom is 0.261 e. The molecule has 0 aliphatic carbocycles. The number of hydrogen-bond acceptors (Lipinski definition) is 3. The minimum atomic E-state index is -0.00633. The molecule has 1 aliphatic heterocycles. The van der Waals surface area contributed by atoms with Crippen molar-refractivity contribution in [3.63, 3.8) is 0 Å². The van der Waals surface area contributed by atoms with E-state index in [1.165, 1.54) is 0 Å². The lowest BCUT2D eigenvalue weighted by Crippen LogP contribution is -2.29. The van der Waals surface area contributed by atoms with Gasteiger partial charge in [0.05, 0.1) is 29.4 Å². The van der Waals surface area contributed by atoms with Gasteiger partial charge >= 0.3 is 0 Å². The Balaban J connectivity index is 1.91. The van der Waals surface area contributed by atoms with Crippen molar-refractivity contribution >= 4 is 11.6 Å². The second kappa shape index (κ2) is 6.48. The summed E-state index contributed by atoms with van der Waals surface area (Å²) in [6.07, 6.45) is 4.47. The number of carbonyl (C=O) groups is 1. The predicted molar refractivity (Wildman–Crippen MR) is 93.1 cm³/mol. The number of fused-ring (bicyclic) bond motifs is 1. The van der Waals surface area contributed by atoms with Gasteiger partial charge in [-0.25, -0.2) is 0 Å². The Morgan fingerprint density at radius 1 is 1.38 bits per heavy atom. The van der Waals surface area contributed by atoms with Gasteiger partial charge in [-0.15, -0.1) is 0 Å². The average Bonchev–Trinajstić information content (AvgIpc) is 3.19. The van der Waals surface area contributed by atoms with E-state index in [2.05, 4.69) is 25.0 Å². The van der Waals surface area contributed by atoms with Crippen LogP contribution < -0.4 is 4.90 Å². The van der Waals surface area contributed by atoms with Gasteiger partial charge in [-0.3, -0.25) is 9.48 Å². The Morgan fingerprint density at radius 2 is 2.12 bits per heavy atom. The smallest absolute Gasteiger partial charge is 0.261 e. The number of amides is 1. The summed E-state index contributed by atoms with van der Waals surface area (Å²) in [5, 5.41) is 13.5. The van der Waals surface area contributed by atoms with Crippen molar-refractivity contribution in [2.75, 3.05) is 11.4 Å². The third-order valence-electron chi connectivity index (χ3n) is 4.91. The van der Waals surface area contributed by atoms with Gasteiger partial charge in [0.15, 0.2) is 0 Å². The molecule has 0 atom stereocenters. The molecule has 0 spiro atoms. The maximum atomic E-state index is 13.0. The Morgan fingerprint density at radius 3 is 2.79 bits per heavy atom. The van der Waals surface area contributed by atoms with Gasteiger partial charge in [-0.1, -0.05) is 13.8 Å². The first-order chi connectivity index (χ1) is 11.6. The molecule has 2 heterocycles. The van der Waals surface area contributed by atoms with Gasteiger partial charge in [0.25, 0.3) is 5.91 Å². The first-order valence-electron chi connectivity index (χ1n) is 8.49. The molecular formula is C19H22N4O. The number of nitrogens with zero attached hydrogens (tertiary/aromatic N) is 4. The summed E-state index contributed by atoms with van der Waals surface area (Å²) in [4.78, 5) is 14.8. The number of carbonyl (C=O) groups excluding carboxylic acids is 1. The second-order valence-corrected chi connectivity index (χ2v) is 6.22. The van der Waals surface area contributed by atoms with Crippen molar-refractivity contribution in [2.24, 2.45) is 0 Å². The summed E-state index contributed by atoms with van der Waals surface area (Å²) >= 11 is 0. The molecule has 0 fully saturated rings. The van der Waals surface area contributed by atoms with Gasteiger partial charge in [0, 0.05) is 17.9 Å². The van der Waals surface area contributed by atoms with Crippen molar-refractivity contribution in [1.29, 1.82) is 5.26 Å². The number of anilines is 1. The lowest BCUT2D eigenvalue weighted by molar-refractivity contribution is 0.0988. The van der Waals surface area contributed by atoms with Crippen LogP contribution in [0.1, 0.15) is 59.9 Å². The molecule has 1 aromatic heterocycles. The fourth-order valence-electron chi connectivity index (χ4n) is 3.46. The summed E-state index contributed by atoms with van der Waals surface area (Å²) in [5.74, 6) is -0.00633. The van der Waals surface area contributed by atoms with E-state index in [4.69, 9.17) is 5.26 Å². The van der Waals surface area contributed by atoms with Crippen LogP contribution in [0, 0.1) is 18.3 Å². The average molecular weight is 322 g/mol. The standard InChI is InChI=1S/C19H22N4O/c1-4-16(5-2)23-13(3)17(12-21-23)19(24)22-9-8-15-10-14(11-20)6-7-18(15)22/h6-7,10,12,16H,4-5,8-9H2,1-3H3. The third-order valence-corrected chi connectivity index (χ3v) is 4.91. The SMILES string of the molecule is CCC(CC)n1ncc(C(=O)N2CCc3cc(C#N)ccc32)c1C. The molecule has 1 aromatic carbocycles. The Kier molecular flexibility index (Phi) is 4.39. The first-order valence-corrected chi connectivity index (χ1v) is 8.49. The van der Waals surface area contributed by atoms with Gasteiger partial charge in [0.2, 0.25) is 0 Å². The zero-order valence-electron chi connectivity index (χ0n) is 14.4.